The Hall–Kier alpha value is -2.21. The average Bonchev–Trinajstić information content (AvgIpc) is 2.72. The quantitative estimate of drug-likeness (QED) is 0.529. The number of rotatable bonds is 10. The molecular weight excluding hydrogens is 354 g/mol. The Bertz CT molecular complexity index is 764. The Morgan fingerprint density at radius 3 is 2.43 bits per heavy atom. The number of benzene rings is 1. The van der Waals surface area contributed by atoms with Crippen LogP contribution in [-0.4, -0.2) is 25.9 Å². The fourth-order valence-electron chi connectivity index (χ4n) is 2.96. The topological polar surface area (TPSA) is 82.8 Å². The minimum absolute atomic E-state index is 0.376. The zero-order chi connectivity index (χ0) is 20.6. The van der Waals surface area contributed by atoms with Crippen LogP contribution in [0.15, 0.2) is 48.8 Å². The smallest absolute Gasteiger partial charge is 0.178 e. The first-order chi connectivity index (χ1) is 13.4. The van der Waals surface area contributed by atoms with Crippen molar-refractivity contribution in [3.8, 4) is 5.75 Å². The normalized spacial score (nSPS) is 12.5. The molecule has 3 N–H and O–H groups in total. The lowest BCUT2D eigenvalue weighted by Gasteiger charge is -2.24. The van der Waals surface area contributed by atoms with Crippen molar-refractivity contribution >= 4 is 5.57 Å². The van der Waals surface area contributed by atoms with Crippen LogP contribution in [0.4, 0.5) is 0 Å². The third-order valence-electron chi connectivity index (χ3n) is 5.21. The van der Waals surface area contributed by atoms with Gasteiger partial charge in [-0.1, -0.05) is 32.1 Å². The molecule has 0 fully saturated rings. The van der Waals surface area contributed by atoms with Crippen LogP contribution < -0.4 is 4.74 Å². The van der Waals surface area contributed by atoms with Crippen LogP contribution in [0.25, 0.3) is 5.57 Å². The highest BCUT2D eigenvalue weighted by atomic mass is 16.5. The van der Waals surface area contributed by atoms with Gasteiger partial charge in [0.25, 0.3) is 0 Å². The van der Waals surface area contributed by atoms with E-state index in [2.05, 4.69) is 24.1 Å². The fourth-order valence-corrected chi connectivity index (χ4v) is 2.96. The first kappa shape index (κ1) is 22.1. The van der Waals surface area contributed by atoms with E-state index in [-0.39, 0.29) is 0 Å². The second-order valence-corrected chi connectivity index (χ2v) is 7.17. The molecule has 0 aliphatic carbocycles. The third-order valence-corrected chi connectivity index (χ3v) is 5.21. The second kappa shape index (κ2) is 10.4. The number of aliphatic hydroxyl groups is 3. The van der Waals surface area contributed by atoms with Gasteiger partial charge in [-0.2, -0.15) is 0 Å². The average molecular weight is 386 g/mol. The molecule has 28 heavy (non-hydrogen) atoms. The lowest BCUT2D eigenvalue weighted by Crippen LogP contribution is -2.25. The summed E-state index contributed by atoms with van der Waals surface area (Å²) >= 11 is 0. The van der Waals surface area contributed by atoms with Gasteiger partial charge in [0, 0.05) is 23.5 Å². The monoisotopic (exact) mass is 385 g/mol. The summed E-state index contributed by atoms with van der Waals surface area (Å²) in [5.41, 5.74) is 2.97. The molecule has 0 spiro atoms. The number of hydrogen-bond donors (Lipinski definition) is 3. The highest BCUT2D eigenvalue weighted by Crippen LogP contribution is 2.23. The predicted octanol–water partition coefficient (Wildman–Crippen LogP) is 4.38. The van der Waals surface area contributed by atoms with Crippen molar-refractivity contribution in [2.24, 2.45) is 0 Å². The summed E-state index contributed by atoms with van der Waals surface area (Å²) in [6, 6.07) is 8.71. The Kier molecular flexibility index (Phi) is 8.18. The molecule has 0 radical (unpaired) electrons. The van der Waals surface area contributed by atoms with Crippen molar-refractivity contribution in [1.82, 2.24) is 4.98 Å². The van der Waals surface area contributed by atoms with Crippen molar-refractivity contribution < 1.29 is 20.1 Å². The number of allylic oxidation sites excluding steroid dienone is 2. The molecule has 0 aliphatic heterocycles. The molecule has 5 heteroatoms. The van der Waals surface area contributed by atoms with Gasteiger partial charge in [0.2, 0.25) is 0 Å². The molecular formula is C23H31NO4. The van der Waals surface area contributed by atoms with Gasteiger partial charge in [0.1, 0.15) is 12.4 Å². The van der Waals surface area contributed by atoms with E-state index < -0.39 is 11.9 Å². The summed E-state index contributed by atoms with van der Waals surface area (Å²) in [6.45, 7) is 6.47. The molecule has 1 aromatic heterocycles. The summed E-state index contributed by atoms with van der Waals surface area (Å²) in [6.07, 6.45) is 7.40. The molecule has 0 amide bonds. The molecule has 1 aromatic carbocycles. The van der Waals surface area contributed by atoms with Gasteiger partial charge in [-0.25, -0.2) is 0 Å². The SMILES string of the molecule is CCC(O)(CC)CCC=C(C)c1cncc(COc2ccc(C(O)O)cc2)c1. The zero-order valence-electron chi connectivity index (χ0n) is 16.9. The van der Waals surface area contributed by atoms with Gasteiger partial charge < -0.3 is 20.1 Å². The van der Waals surface area contributed by atoms with Crippen LogP contribution >= 0.6 is 0 Å². The Morgan fingerprint density at radius 2 is 1.82 bits per heavy atom. The highest BCUT2D eigenvalue weighted by Gasteiger charge is 2.20. The Labute approximate surface area is 167 Å². The Balaban J connectivity index is 1.96. The van der Waals surface area contributed by atoms with Crippen LogP contribution in [0.5, 0.6) is 5.75 Å². The van der Waals surface area contributed by atoms with E-state index in [1.54, 1.807) is 30.5 Å². The number of aromatic nitrogens is 1. The molecule has 152 valence electrons. The summed E-state index contributed by atoms with van der Waals surface area (Å²) < 4.78 is 5.76. The van der Waals surface area contributed by atoms with E-state index in [1.165, 1.54) is 0 Å². The molecule has 1 heterocycles. The molecule has 0 saturated carbocycles. The molecule has 2 rings (SSSR count). The zero-order valence-corrected chi connectivity index (χ0v) is 16.9. The van der Waals surface area contributed by atoms with E-state index in [0.29, 0.717) is 17.9 Å². The van der Waals surface area contributed by atoms with Gasteiger partial charge in [0.15, 0.2) is 6.29 Å². The van der Waals surface area contributed by atoms with Crippen molar-refractivity contribution in [3.63, 3.8) is 0 Å². The maximum Gasteiger partial charge on any atom is 0.178 e. The van der Waals surface area contributed by atoms with Crippen LogP contribution in [0, 0.1) is 0 Å². The second-order valence-electron chi connectivity index (χ2n) is 7.17. The van der Waals surface area contributed by atoms with Gasteiger partial charge in [-0.3, -0.25) is 4.98 Å². The minimum Gasteiger partial charge on any atom is -0.489 e. The van der Waals surface area contributed by atoms with Crippen LogP contribution in [0.2, 0.25) is 0 Å². The molecule has 2 aromatic rings. The van der Waals surface area contributed by atoms with E-state index in [1.807, 2.05) is 20.0 Å². The van der Waals surface area contributed by atoms with Gasteiger partial charge in [-0.15, -0.1) is 0 Å². The fraction of sp³-hybridized carbons (Fsp3) is 0.435. The number of pyridine rings is 1. The van der Waals surface area contributed by atoms with Crippen LogP contribution in [0.1, 0.15) is 69.4 Å². The van der Waals surface area contributed by atoms with Gasteiger partial charge >= 0.3 is 0 Å². The number of nitrogens with zero attached hydrogens (tertiary/aromatic N) is 1. The van der Waals surface area contributed by atoms with Crippen molar-refractivity contribution in [2.75, 3.05) is 0 Å². The Morgan fingerprint density at radius 1 is 1.14 bits per heavy atom. The third kappa shape index (κ3) is 6.44. The molecule has 0 saturated heterocycles. The summed E-state index contributed by atoms with van der Waals surface area (Å²) in [4.78, 5) is 4.31. The molecule has 0 bridgehead atoms. The molecule has 0 atom stereocenters. The van der Waals surface area contributed by atoms with Crippen molar-refractivity contribution in [2.45, 2.75) is 65.0 Å². The summed E-state index contributed by atoms with van der Waals surface area (Å²) in [7, 11) is 0. The van der Waals surface area contributed by atoms with E-state index in [4.69, 9.17) is 14.9 Å². The summed E-state index contributed by atoms with van der Waals surface area (Å²) in [5, 5.41) is 28.6. The number of hydrogen-bond acceptors (Lipinski definition) is 5. The highest BCUT2D eigenvalue weighted by molar-refractivity contribution is 5.63. The van der Waals surface area contributed by atoms with E-state index >= 15 is 0 Å². The predicted molar refractivity (Wildman–Crippen MR) is 111 cm³/mol. The first-order valence-electron chi connectivity index (χ1n) is 9.79. The number of aliphatic hydroxyl groups excluding tert-OH is 1. The van der Waals surface area contributed by atoms with Crippen molar-refractivity contribution in [1.29, 1.82) is 0 Å². The van der Waals surface area contributed by atoms with Gasteiger partial charge in [-0.05, 0) is 61.9 Å². The minimum atomic E-state index is -1.48. The van der Waals surface area contributed by atoms with E-state index in [9.17, 15) is 5.11 Å². The van der Waals surface area contributed by atoms with Crippen LogP contribution in [-0.2, 0) is 6.61 Å². The lowest BCUT2D eigenvalue weighted by molar-refractivity contribution is -0.0425. The molecule has 5 nitrogen and oxygen atoms in total. The van der Waals surface area contributed by atoms with Gasteiger partial charge in [0.05, 0.1) is 5.60 Å². The van der Waals surface area contributed by atoms with E-state index in [0.717, 1.165) is 42.4 Å². The van der Waals surface area contributed by atoms with Crippen LogP contribution in [0.3, 0.4) is 0 Å². The maximum atomic E-state index is 10.4. The molecule has 0 unspecified atom stereocenters. The lowest BCUT2D eigenvalue weighted by atomic mass is 9.91. The first-order valence-corrected chi connectivity index (χ1v) is 9.79. The molecule has 0 aliphatic rings. The van der Waals surface area contributed by atoms with Crippen molar-refractivity contribution in [3.05, 3.63) is 65.5 Å². The number of ether oxygens (including phenoxy) is 1. The largest absolute Gasteiger partial charge is 0.489 e. The standard InChI is InChI=1S/C23H31NO4/c1-4-23(27,5-2)12-6-7-17(3)20-13-18(14-24-15-20)16-28-21-10-8-19(9-11-21)22(25)26/h7-11,13-15,22,25-27H,4-6,12,16H2,1-3H3. The maximum absolute atomic E-state index is 10.4. The summed E-state index contributed by atoms with van der Waals surface area (Å²) in [5.74, 6) is 0.653.